The summed E-state index contributed by atoms with van der Waals surface area (Å²) in [5, 5.41) is 10.0. The van der Waals surface area contributed by atoms with Crippen molar-refractivity contribution in [2.24, 2.45) is 5.73 Å². The molecule has 0 atom stereocenters. The summed E-state index contributed by atoms with van der Waals surface area (Å²) < 4.78 is 36.4. The summed E-state index contributed by atoms with van der Waals surface area (Å²) in [6.45, 7) is -0.256. The first-order valence-electron chi connectivity index (χ1n) is 3.55. The Kier molecular flexibility index (Phi) is 2.81. The molecule has 8 heteroatoms. The highest BCUT2D eigenvalue weighted by Crippen LogP contribution is 2.19. The topological polar surface area (TPSA) is 69.6 Å². The van der Waals surface area contributed by atoms with Crippen LogP contribution in [0, 0.1) is 0 Å². The molecule has 0 saturated carbocycles. The van der Waals surface area contributed by atoms with Crippen molar-refractivity contribution in [1.82, 2.24) is 20.2 Å². The van der Waals surface area contributed by atoms with E-state index in [1.165, 1.54) is 0 Å². The molecule has 0 spiro atoms. The van der Waals surface area contributed by atoms with Gasteiger partial charge in [0.1, 0.15) is 0 Å². The van der Waals surface area contributed by atoms with Gasteiger partial charge in [0.25, 0.3) is 0 Å². The van der Waals surface area contributed by atoms with Crippen LogP contribution in [0.4, 0.5) is 13.2 Å². The number of tetrazole rings is 1. The van der Waals surface area contributed by atoms with Crippen LogP contribution in [0.3, 0.4) is 0 Å². The van der Waals surface area contributed by atoms with Gasteiger partial charge >= 0.3 is 6.18 Å². The van der Waals surface area contributed by atoms with Crippen LogP contribution in [0.25, 0.3) is 0 Å². The molecular formula is C5H8F3N5. The third-order valence-electron chi connectivity index (χ3n) is 1.40. The summed E-state index contributed by atoms with van der Waals surface area (Å²) in [4.78, 5) is 0. The highest BCUT2D eigenvalue weighted by Gasteiger charge is 2.27. The number of aryl methyl sites for hydroxylation is 1. The number of hydrogen-bond acceptors (Lipinski definition) is 4. The van der Waals surface area contributed by atoms with Gasteiger partial charge in [-0.15, -0.1) is 5.10 Å². The van der Waals surface area contributed by atoms with E-state index in [1.807, 2.05) is 0 Å². The van der Waals surface area contributed by atoms with Crippen LogP contribution >= 0.6 is 0 Å². The molecule has 13 heavy (non-hydrogen) atoms. The van der Waals surface area contributed by atoms with Gasteiger partial charge in [-0.3, -0.25) is 0 Å². The van der Waals surface area contributed by atoms with Gasteiger partial charge < -0.3 is 5.73 Å². The molecule has 5 nitrogen and oxygen atoms in total. The van der Waals surface area contributed by atoms with Crippen molar-refractivity contribution >= 4 is 0 Å². The Hall–Kier alpha value is -1.18. The standard InChI is InChI=1S/C5H8F3N5/c6-5(7,8)1-2-13-4(3-9)10-11-12-13/h1-3,9H2. The van der Waals surface area contributed by atoms with Crippen LogP contribution in [-0.2, 0) is 13.1 Å². The fraction of sp³-hybridized carbons (Fsp3) is 0.800. The molecule has 0 radical (unpaired) electrons. The summed E-state index contributed by atoms with van der Waals surface area (Å²) >= 11 is 0. The molecule has 0 fully saturated rings. The Morgan fingerprint density at radius 1 is 1.38 bits per heavy atom. The maximum atomic E-state index is 11.8. The molecule has 1 aromatic heterocycles. The summed E-state index contributed by atoms with van der Waals surface area (Å²) in [6.07, 6.45) is -5.15. The number of nitrogens with zero attached hydrogens (tertiary/aromatic N) is 4. The zero-order valence-corrected chi connectivity index (χ0v) is 6.62. The van der Waals surface area contributed by atoms with E-state index in [-0.39, 0.29) is 18.9 Å². The van der Waals surface area contributed by atoms with Crippen molar-refractivity contribution in [3.63, 3.8) is 0 Å². The minimum Gasteiger partial charge on any atom is -0.324 e. The zero-order chi connectivity index (χ0) is 9.90. The Labute approximate surface area is 71.7 Å². The van der Waals surface area contributed by atoms with E-state index in [0.29, 0.717) is 0 Å². The molecule has 2 N–H and O–H groups in total. The van der Waals surface area contributed by atoms with E-state index in [9.17, 15) is 13.2 Å². The summed E-state index contributed by atoms with van der Waals surface area (Å²) in [6, 6.07) is 0. The Morgan fingerprint density at radius 3 is 2.62 bits per heavy atom. The minimum absolute atomic E-state index is 0.0326. The van der Waals surface area contributed by atoms with Crippen LogP contribution in [0.15, 0.2) is 0 Å². The monoisotopic (exact) mass is 195 g/mol. The van der Waals surface area contributed by atoms with Gasteiger partial charge in [-0.05, 0) is 10.4 Å². The molecule has 1 aromatic rings. The second kappa shape index (κ2) is 3.69. The van der Waals surface area contributed by atoms with Gasteiger partial charge in [0.2, 0.25) is 0 Å². The van der Waals surface area contributed by atoms with Gasteiger partial charge in [-0.1, -0.05) is 0 Å². The third-order valence-corrected chi connectivity index (χ3v) is 1.40. The highest BCUT2D eigenvalue weighted by molar-refractivity contribution is 4.77. The summed E-state index contributed by atoms with van der Waals surface area (Å²) in [7, 11) is 0. The second-order valence-electron chi connectivity index (χ2n) is 2.39. The average molecular weight is 195 g/mol. The molecule has 74 valence electrons. The predicted molar refractivity (Wildman–Crippen MR) is 36.4 cm³/mol. The quantitative estimate of drug-likeness (QED) is 0.741. The fourth-order valence-corrected chi connectivity index (χ4v) is 0.776. The molecule has 0 bridgehead atoms. The smallest absolute Gasteiger partial charge is 0.324 e. The van der Waals surface area contributed by atoms with E-state index in [4.69, 9.17) is 5.73 Å². The first-order valence-corrected chi connectivity index (χ1v) is 3.55. The van der Waals surface area contributed by atoms with Crippen LogP contribution < -0.4 is 5.73 Å². The summed E-state index contributed by atoms with van der Waals surface area (Å²) in [5.41, 5.74) is 5.19. The van der Waals surface area contributed by atoms with Crippen molar-refractivity contribution in [3.05, 3.63) is 5.82 Å². The van der Waals surface area contributed by atoms with Gasteiger partial charge in [0.05, 0.1) is 19.5 Å². The van der Waals surface area contributed by atoms with Gasteiger partial charge in [0.15, 0.2) is 5.82 Å². The number of halogens is 3. The lowest BCUT2D eigenvalue weighted by atomic mass is 10.4. The molecular weight excluding hydrogens is 187 g/mol. The van der Waals surface area contributed by atoms with Crippen molar-refractivity contribution in [3.8, 4) is 0 Å². The first kappa shape index (κ1) is 9.90. The number of rotatable bonds is 3. The second-order valence-corrected chi connectivity index (χ2v) is 2.39. The summed E-state index contributed by atoms with van der Waals surface area (Å²) in [5.74, 6) is 0.254. The van der Waals surface area contributed by atoms with Crippen molar-refractivity contribution in [2.45, 2.75) is 25.7 Å². The lowest BCUT2D eigenvalue weighted by Crippen LogP contribution is -2.16. The van der Waals surface area contributed by atoms with E-state index in [0.717, 1.165) is 4.68 Å². The zero-order valence-electron chi connectivity index (χ0n) is 6.62. The Balaban J connectivity index is 2.54. The number of hydrogen-bond donors (Lipinski definition) is 1. The Morgan fingerprint density at radius 2 is 2.08 bits per heavy atom. The van der Waals surface area contributed by atoms with Gasteiger partial charge in [-0.25, -0.2) is 4.68 Å². The largest absolute Gasteiger partial charge is 0.390 e. The molecule has 0 aliphatic heterocycles. The number of alkyl halides is 3. The van der Waals surface area contributed by atoms with Crippen molar-refractivity contribution in [2.75, 3.05) is 0 Å². The maximum Gasteiger partial charge on any atom is 0.390 e. The molecule has 1 rings (SSSR count). The highest BCUT2D eigenvalue weighted by atomic mass is 19.4. The molecule has 0 unspecified atom stereocenters. The number of nitrogens with two attached hydrogens (primary N) is 1. The van der Waals surface area contributed by atoms with E-state index in [2.05, 4.69) is 15.5 Å². The van der Waals surface area contributed by atoms with Gasteiger partial charge in [-0.2, -0.15) is 13.2 Å². The lowest BCUT2D eigenvalue weighted by Gasteiger charge is -2.06. The van der Waals surface area contributed by atoms with E-state index in [1.54, 1.807) is 0 Å². The minimum atomic E-state index is -4.20. The molecule has 0 aliphatic carbocycles. The SMILES string of the molecule is NCc1nnnn1CCC(F)(F)F. The molecule has 0 aromatic carbocycles. The lowest BCUT2D eigenvalue weighted by molar-refractivity contribution is -0.137. The van der Waals surface area contributed by atoms with Crippen LogP contribution in [0.2, 0.25) is 0 Å². The molecule has 0 amide bonds. The maximum absolute atomic E-state index is 11.8. The Bertz CT molecular complexity index is 267. The molecule has 1 heterocycles. The predicted octanol–water partition coefficient (Wildman–Crippen LogP) is 0.0842. The molecule has 0 aliphatic rings. The third kappa shape index (κ3) is 2.98. The van der Waals surface area contributed by atoms with Crippen LogP contribution in [0.5, 0.6) is 0 Å². The number of aromatic nitrogens is 4. The van der Waals surface area contributed by atoms with Crippen molar-refractivity contribution < 1.29 is 13.2 Å². The van der Waals surface area contributed by atoms with Crippen LogP contribution in [0.1, 0.15) is 12.2 Å². The fourth-order valence-electron chi connectivity index (χ4n) is 0.776. The van der Waals surface area contributed by atoms with Crippen LogP contribution in [-0.4, -0.2) is 26.4 Å². The van der Waals surface area contributed by atoms with Crippen molar-refractivity contribution in [1.29, 1.82) is 0 Å². The van der Waals surface area contributed by atoms with Gasteiger partial charge in [0, 0.05) is 0 Å². The first-order chi connectivity index (χ1) is 6.03. The van der Waals surface area contributed by atoms with E-state index >= 15 is 0 Å². The normalized spacial score (nSPS) is 12.0. The van der Waals surface area contributed by atoms with E-state index < -0.39 is 12.6 Å². The average Bonchev–Trinajstić information content (AvgIpc) is 2.46. The molecule has 0 saturated heterocycles.